The van der Waals surface area contributed by atoms with Crippen LogP contribution in [0.4, 0.5) is 5.95 Å². The summed E-state index contributed by atoms with van der Waals surface area (Å²) in [5.74, 6) is 0.664. The zero-order chi connectivity index (χ0) is 30.5. The second kappa shape index (κ2) is 12.7. The number of carbonyl (C=O) groups is 2. The number of rotatable bonds is 10. The molecule has 0 fully saturated rings. The van der Waals surface area contributed by atoms with Crippen molar-refractivity contribution in [3.8, 4) is 11.1 Å². The molecule has 0 aliphatic carbocycles. The minimum absolute atomic E-state index is 0.114. The Morgan fingerprint density at radius 1 is 0.886 bits per heavy atom. The minimum atomic E-state index is -0.320. The van der Waals surface area contributed by atoms with Crippen LogP contribution in [0.3, 0.4) is 0 Å². The monoisotopic (exact) mass is 584 g/mol. The standard InChI is InChI=1S/C34H32N8O2/c1-3-9-30-36-31-22(2)18-26(32(43)35-20-23-10-5-4-6-11-23)19-29(31)42(30)21-24-14-16-25(17-15-24)27-12-7-8-13-28(27)33(44)37-34-38-40-41-39-34/h4-8,10-19H,3,9,20-21H2,1-2H3,(H,35,43)(H2,37,38,39,40,41,44). The number of imidazole rings is 1. The van der Waals surface area contributed by atoms with Crippen LogP contribution in [0.15, 0.2) is 91.0 Å². The van der Waals surface area contributed by atoms with E-state index in [4.69, 9.17) is 4.98 Å². The van der Waals surface area contributed by atoms with Crippen LogP contribution in [0.25, 0.3) is 22.2 Å². The maximum atomic E-state index is 13.2. The van der Waals surface area contributed by atoms with E-state index >= 15 is 0 Å². The third-order valence-electron chi connectivity index (χ3n) is 7.50. The van der Waals surface area contributed by atoms with Gasteiger partial charge in [-0.15, -0.1) is 5.10 Å². The van der Waals surface area contributed by atoms with Gasteiger partial charge in [0.1, 0.15) is 5.82 Å². The van der Waals surface area contributed by atoms with Gasteiger partial charge in [0.15, 0.2) is 0 Å². The maximum absolute atomic E-state index is 13.2. The van der Waals surface area contributed by atoms with Crippen molar-refractivity contribution in [2.75, 3.05) is 5.32 Å². The average molecular weight is 585 g/mol. The summed E-state index contributed by atoms with van der Waals surface area (Å²) in [6.45, 7) is 5.20. The third-order valence-corrected chi connectivity index (χ3v) is 7.50. The Morgan fingerprint density at radius 2 is 1.66 bits per heavy atom. The van der Waals surface area contributed by atoms with Gasteiger partial charge in [-0.05, 0) is 64.6 Å². The molecule has 2 aromatic heterocycles. The molecule has 10 nitrogen and oxygen atoms in total. The van der Waals surface area contributed by atoms with Gasteiger partial charge in [-0.1, -0.05) is 84.8 Å². The quantitative estimate of drug-likeness (QED) is 0.189. The Labute approximate surface area is 254 Å². The summed E-state index contributed by atoms with van der Waals surface area (Å²) in [5.41, 5.74) is 7.76. The van der Waals surface area contributed by atoms with E-state index < -0.39 is 0 Å². The van der Waals surface area contributed by atoms with E-state index in [1.807, 2.05) is 79.7 Å². The van der Waals surface area contributed by atoms with Gasteiger partial charge >= 0.3 is 0 Å². The number of fused-ring (bicyclic) bond motifs is 1. The maximum Gasteiger partial charge on any atom is 0.270 e. The zero-order valence-corrected chi connectivity index (χ0v) is 24.5. The summed E-state index contributed by atoms with van der Waals surface area (Å²) in [5, 5.41) is 19.1. The molecule has 0 aliphatic heterocycles. The summed E-state index contributed by atoms with van der Waals surface area (Å²) < 4.78 is 2.21. The molecule has 0 atom stereocenters. The second-order valence-electron chi connectivity index (χ2n) is 10.6. The molecule has 6 aromatic rings. The molecule has 0 unspecified atom stereocenters. The van der Waals surface area contributed by atoms with E-state index in [1.165, 1.54) is 0 Å². The van der Waals surface area contributed by atoms with Crippen molar-refractivity contribution in [1.29, 1.82) is 0 Å². The van der Waals surface area contributed by atoms with Gasteiger partial charge in [-0.3, -0.25) is 14.9 Å². The first-order chi connectivity index (χ1) is 21.5. The minimum Gasteiger partial charge on any atom is -0.348 e. The van der Waals surface area contributed by atoms with Gasteiger partial charge in [-0.2, -0.15) is 5.21 Å². The average Bonchev–Trinajstić information content (AvgIpc) is 3.69. The van der Waals surface area contributed by atoms with Crippen LogP contribution in [0.5, 0.6) is 0 Å². The summed E-state index contributed by atoms with van der Waals surface area (Å²) in [6.07, 6.45) is 1.78. The molecule has 0 saturated carbocycles. The molecular weight excluding hydrogens is 552 g/mol. The van der Waals surface area contributed by atoms with E-state index in [0.717, 1.165) is 57.5 Å². The van der Waals surface area contributed by atoms with E-state index in [1.54, 1.807) is 6.07 Å². The van der Waals surface area contributed by atoms with Crippen molar-refractivity contribution in [1.82, 2.24) is 35.5 Å². The lowest BCUT2D eigenvalue weighted by atomic mass is 9.98. The number of hydrogen-bond donors (Lipinski definition) is 3. The number of aromatic nitrogens is 6. The molecule has 0 bridgehead atoms. The van der Waals surface area contributed by atoms with Crippen molar-refractivity contribution >= 4 is 28.8 Å². The van der Waals surface area contributed by atoms with Crippen LogP contribution in [0.1, 0.15) is 56.6 Å². The van der Waals surface area contributed by atoms with E-state index in [-0.39, 0.29) is 17.8 Å². The molecule has 220 valence electrons. The third kappa shape index (κ3) is 6.10. The summed E-state index contributed by atoms with van der Waals surface area (Å²) in [7, 11) is 0. The number of hydrogen-bond acceptors (Lipinski definition) is 6. The van der Waals surface area contributed by atoms with Gasteiger partial charge in [0, 0.05) is 30.6 Å². The van der Waals surface area contributed by atoms with Gasteiger partial charge in [0.2, 0.25) is 0 Å². The van der Waals surface area contributed by atoms with Crippen LogP contribution in [0.2, 0.25) is 0 Å². The van der Waals surface area contributed by atoms with Crippen LogP contribution in [-0.4, -0.2) is 42.0 Å². The zero-order valence-electron chi connectivity index (χ0n) is 24.5. The van der Waals surface area contributed by atoms with Gasteiger partial charge in [0.25, 0.3) is 17.8 Å². The van der Waals surface area contributed by atoms with Crippen molar-refractivity contribution in [2.24, 2.45) is 0 Å². The smallest absolute Gasteiger partial charge is 0.270 e. The first kappa shape index (κ1) is 28.5. The Balaban J connectivity index is 1.27. The second-order valence-corrected chi connectivity index (χ2v) is 10.6. The van der Waals surface area contributed by atoms with E-state index in [9.17, 15) is 9.59 Å². The summed E-state index contributed by atoms with van der Waals surface area (Å²) >= 11 is 0. The van der Waals surface area contributed by atoms with Crippen molar-refractivity contribution in [2.45, 2.75) is 39.8 Å². The molecule has 6 rings (SSSR count). The van der Waals surface area contributed by atoms with Gasteiger partial charge in [0.05, 0.1) is 11.0 Å². The van der Waals surface area contributed by atoms with Gasteiger partial charge in [-0.25, -0.2) is 4.98 Å². The fourth-order valence-electron chi connectivity index (χ4n) is 5.33. The molecule has 4 aromatic carbocycles. The lowest BCUT2D eigenvalue weighted by molar-refractivity contribution is 0.0950. The molecule has 0 saturated heterocycles. The molecular formula is C34H32N8O2. The lowest BCUT2D eigenvalue weighted by Crippen LogP contribution is -2.23. The first-order valence-corrected chi connectivity index (χ1v) is 14.5. The Hall–Kier alpha value is -5.64. The molecule has 0 radical (unpaired) electrons. The number of benzene rings is 4. The molecule has 2 amide bonds. The lowest BCUT2D eigenvalue weighted by Gasteiger charge is -2.12. The summed E-state index contributed by atoms with van der Waals surface area (Å²) in [6, 6.07) is 29.3. The van der Waals surface area contributed by atoms with E-state index in [0.29, 0.717) is 24.2 Å². The van der Waals surface area contributed by atoms with Crippen LogP contribution in [-0.2, 0) is 19.5 Å². The van der Waals surface area contributed by atoms with E-state index in [2.05, 4.69) is 54.9 Å². The molecule has 10 heteroatoms. The Bertz CT molecular complexity index is 1910. The number of aryl methyl sites for hydroxylation is 2. The highest BCUT2D eigenvalue weighted by molar-refractivity contribution is 6.08. The number of nitrogens with zero attached hydrogens (tertiary/aromatic N) is 5. The number of aromatic amines is 1. The number of nitrogens with one attached hydrogen (secondary N) is 3. The number of H-pyrrole nitrogens is 1. The number of carbonyl (C=O) groups excluding carboxylic acids is 2. The van der Waals surface area contributed by atoms with Crippen LogP contribution < -0.4 is 10.6 Å². The molecule has 2 heterocycles. The molecule has 0 aliphatic rings. The largest absolute Gasteiger partial charge is 0.348 e. The van der Waals surface area contributed by atoms with Crippen molar-refractivity contribution in [3.63, 3.8) is 0 Å². The Morgan fingerprint density at radius 3 is 2.41 bits per heavy atom. The fourth-order valence-corrected chi connectivity index (χ4v) is 5.33. The SMILES string of the molecule is CCCc1nc2c(C)cc(C(=O)NCc3ccccc3)cc2n1Cc1ccc(-c2ccccc2C(=O)Nc2nn[nH]n2)cc1. The topological polar surface area (TPSA) is 130 Å². The normalized spacial score (nSPS) is 11.0. The predicted molar refractivity (Wildman–Crippen MR) is 169 cm³/mol. The summed E-state index contributed by atoms with van der Waals surface area (Å²) in [4.78, 5) is 31.1. The van der Waals surface area contributed by atoms with Crippen LogP contribution >= 0.6 is 0 Å². The highest BCUT2D eigenvalue weighted by Crippen LogP contribution is 2.27. The fraction of sp³-hybridized carbons (Fsp3) is 0.176. The van der Waals surface area contributed by atoms with Crippen molar-refractivity contribution in [3.05, 3.63) is 125 Å². The molecule has 3 N–H and O–H groups in total. The van der Waals surface area contributed by atoms with Crippen molar-refractivity contribution < 1.29 is 9.59 Å². The number of amides is 2. The van der Waals surface area contributed by atoms with Gasteiger partial charge < -0.3 is 9.88 Å². The van der Waals surface area contributed by atoms with Crippen LogP contribution in [0, 0.1) is 6.92 Å². The predicted octanol–water partition coefficient (Wildman–Crippen LogP) is 5.71. The molecule has 44 heavy (non-hydrogen) atoms. The Kier molecular flexibility index (Phi) is 8.22. The number of anilines is 1. The highest BCUT2D eigenvalue weighted by Gasteiger charge is 2.18. The molecule has 0 spiro atoms. The number of tetrazole rings is 1. The first-order valence-electron chi connectivity index (χ1n) is 14.5. The highest BCUT2D eigenvalue weighted by atomic mass is 16.2.